The van der Waals surface area contributed by atoms with Crippen LogP contribution in [0.25, 0.3) is 0 Å². The molecule has 1 aliphatic rings. The summed E-state index contributed by atoms with van der Waals surface area (Å²) in [6, 6.07) is 6.43. The quantitative estimate of drug-likeness (QED) is 0.882. The zero-order chi connectivity index (χ0) is 13.1. The molecule has 0 aromatic heterocycles. The minimum atomic E-state index is 0.181. The van der Waals surface area contributed by atoms with Crippen LogP contribution in [0.3, 0.4) is 0 Å². The number of nitrogens with zero attached hydrogens (tertiary/aromatic N) is 1. The molecular weight excluding hydrogens is 224 g/mol. The van der Waals surface area contributed by atoms with Crippen LogP contribution < -0.4 is 5.32 Å². The number of benzene rings is 1. The van der Waals surface area contributed by atoms with Gasteiger partial charge in [0.1, 0.15) is 0 Å². The molecule has 0 aliphatic carbocycles. The van der Waals surface area contributed by atoms with Gasteiger partial charge in [0.15, 0.2) is 0 Å². The van der Waals surface area contributed by atoms with Crippen molar-refractivity contribution in [2.24, 2.45) is 0 Å². The van der Waals surface area contributed by atoms with E-state index in [0.29, 0.717) is 6.04 Å². The maximum atomic E-state index is 12.6. The molecule has 3 heteroatoms. The topological polar surface area (TPSA) is 32.3 Å². The van der Waals surface area contributed by atoms with Gasteiger partial charge in [0.05, 0.1) is 6.04 Å². The Morgan fingerprint density at radius 2 is 2.11 bits per heavy atom. The predicted octanol–water partition coefficient (Wildman–Crippen LogP) is 2.13. The summed E-state index contributed by atoms with van der Waals surface area (Å²) in [7, 11) is 0. The number of nitrogens with one attached hydrogen (secondary N) is 1. The molecule has 1 amide bonds. The predicted molar refractivity (Wildman–Crippen MR) is 73.9 cm³/mol. The third-order valence-corrected chi connectivity index (χ3v) is 3.54. The van der Waals surface area contributed by atoms with Gasteiger partial charge >= 0.3 is 0 Å². The SMILES string of the molecule is CCCN(C(=O)c1ccc(C)cc1C)C1CNC1. The third-order valence-electron chi connectivity index (χ3n) is 3.54. The van der Waals surface area contributed by atoms with Crippen LogP contribution >= 0.6 is 0 Å². The Balaban J connectivity index is 2.21. The number of hydrogen-bond acceptors (Lipinski definition) is 2. The summed E-state index contributed by atoms with van der Waals surface area (Å²) in [6.45, 7) is 8.89. The molecule has 1 N–H and O–H groups in total. The fraction of sp³-hybridized carbons (Fsp3) is 0.533. The van der Waals surface area contributed by atoms with Crippen molar-refractivity contribution in [3.05, 3.63) is 34.9 Å². The zero-order valence-corrected chi connectivity index (χ0v) is 11.5. The second kappa shape index (κ2) is 5.53. The molecule has 1 aliphatic heterocycles. The van der Waals surface area contributed by atoms with Crippen LogP contribution in [-0.2, 0) is 0 Å². The van der Waals surface area contributed by atoms with Crippen LogP contribution in [0.4, 0.5) is 0 Å². The van der Waals surface area contributed by atoms with E-state index in [1.165, 1.54) is 5.56 Å². The maximum Gasteiger partial charge on any atom is 0.254 e. The Morgan fingerprint density at radius 3 is 2.61 bits per heavy atom. The van der Waals surface area contributed by atoms with E-state index >= 15 is 0 Å². The van der Waals surface area contributed by atoms with Gasteiger partial charge in [0.25, 0.3) is 5.91 Å². The van der Waals surface area contributed by atoms with Crippen LogP contribution in [0.2, 0.25) is 0 Å². The van der Waals surface area contributed by atoms with Gasteiger partial charge in [-0.1, -0.05) is 24.6 Å². The van der Waals surface area contributed by atoms with Crippen molar-refractivity contribution in [3.8, 4) is 0 Å². The fourth-order valence-corrected chi connectivity index (χ4v) is 2.39. The lowest BCUT2D eigenvalue weighted by Gasteiger charge is -2.38. The summed E-state index contributed by atoms with van der Waals surface area (Å²) in [5, 5.41) is 3.24. The molecule has 1 aromatic rings. The van der Waals surface area contributed by atoms with Gasteiger partial charge in [0, 0.05) is 25.2 Å². The first-order valence-electron chi connectivity index (χ1n) is 6.72. The second-order valence-electron chi connectivity index (χ2n) is 5.13. The Morgan fingerprint density at radius 1 is 1.39 bits per heavy atom. The Kier molecular flexibility index (Phi) is 4.02. The van der Waals surface area contributed by atoms with E-state index in [9.17, 15) is 4.79 Å². The van der Waals surface area contributed by atoms with Crippen molar-refractivity contribution in [1.82, 2.24) is 10.2 Å². The molecule has 2 rings (SSSR count). The second-order valence-corrected chi connectivity index (χ2v) is 5.13. The van der Waals surface area contributed by atoms with Crippen molar-refractivity contribution in [2.75, 3.05) is 19.6 Å². The van der Waals surface area contributed by atoms with Crippen molar-refractivity contribution in [3.63, 3.8) is 0 Å². The molecule has 1 fully saturated rings. The zero-order valence-electron chi connectivity index (χ0n) is 11.5. The molecule has 1 saturated heterocycles. The summed E-state index contributed by atoms with van der Waals surface area (Å²) in [5.41, 5.74) is 3.13. The molecule has 1 aromatic carbocycles. The highest BCUT2D eigenvalue weighted by atomic mass is 16.2. The molecule has 0 saturated carbocycles. The summed E-state index contributed by atoms with van der Waals surface area (Å²) in [6.07, 6.45) is 1.01. The normalized spacial score (nSPS) is 15.3. The molecule has 0 unspecified atom stereocenters. The highest BCUT2D eigenvalue weighted by Gasteiger charge is 2.28. The summed E-state index contributed by atoms with van der Waals surface area (Å²) >= 11 is 0. The number of rotatable bonds is 4. The van der Waals surface area contributed by atoms with Gasteiger partial charge in [-0.15, -0.1) is 0 Å². The molecule has 3 nitrogen and oxygen atoms in total. The molecule has 18 heavy (non-hydrogen) atoms. The first-order chi connectivity index (χ1) is 8.63. The fourth-order valence-electron chi connectivity index (χ4n) is 2.39. The lowest BCUT2D eigenvalue weighted by molar-refractivity contribution is 0.0615. The number of aryl methyl sites for hydroxylation is 2. The van der Waals surface area contributed by atoms with Gasteiger partial charge in [-0.05, 0) is 31.9 Å². The Hall–Kier alpha value is -1.35. The van der Waals surface area contributed by atoms with Crippen molar-refractivity contribution < 1.29 is 4.79 Å². The Bertz CT molecular complexity index is 438. The molecule has 98 valence electrons. The Labute approximate surface area is 109 Å². The molecule has 0 atom stereocenters. The van der Waals surface area contributed by atoms with Crippen molar-refractivity contribution in [1.29, 1.82) is 0 Å². The lowest BCUT2D eigenvalue weighted by Crippen LogP contribution is -2.59. The van der Waals surface area contributed by atoms with E-state index in [0.717, 1.165) is 37.2 Å². The van der Waals surface area contributed by atoms with Crippen LogP contribution in [0.1, 0.15) is 34.8 Å². The average molecular weight is 246 g/mol. The average Bonchev–Trinajstić information content (AvgIpc) is 2.25. The van der Waals surface area contributed by atoms with E-state index < -0.39 is 0 Å². The highest BCUT2D eigenvalue weighted by Crippen LogP contribution is 2.16. The van der Waals surface area contributed by atoms with Gasteiger partial charge in [-0.2, -0.15) is 0 Å². The standard InChI is InChI=1S/C15H22N2O/c1-4-7-17(13-9-16-10-13)15(18)14-6-5-11(2)8-12(14)3/h5-6,8,13,16H,4,7,9-10H2,1-3H3. The summed E-state index contributed by atoms with van der Waals surface area (Å²) in [4.78, 5) is 14.6. The van der Waals surface area contributed by atoms with Crippen molar-refractivity contribution >= 4 is 5.91 Å². The van der Waals surface area contributed by atoms with Crippen LogP contribution in [0.15, 0.2) is 18.2 Å². The molecule has 0 bridgehead atoms. The maximum absolute atomic E-state index is 12.6. The van der Waals surface area contributed by atoms with Gasteiger partial charge in [-0.3, -0.25) is 4.79 Å². The van der Waals surface area contributed by atoms with E-state index in [1.807, 2.05) is 24.0 Å². The number of amides is 1. The summed E-state index contributed by atoms with van der Waals surface area (Å²) < 4.78 is 0. The summed E-state index contributed by atoms with van der Waals surface area (Å²) in [5.74, 6) is 0.181. The number of carbonyl (C=O) groups excluding carboxylic acids is 1. The molecule has 0 radical (unpaired) electrons. The first kappa shape index (κ1) is 13.1. The minimum absolute atomic E-state index is 0.181. The van der Waals surface area contributed by atoms with Crippen molar-refractivity contribution in [2.45, 2.75) is 33.2 Å². The minimum Gasteiger partial charge on any atom is -0.333 e. The number of carbonyl (C=O) groups is 1. The van der Waals surface area contributed by atoms with Gasteiger partial charge < -0.3 is 10.2 Å². The number of hydrogen-bond donors (Lipinski definition) is 1. The van der Waals surface area contributed by atoms with E-state index in [4.69, 9.17) is 0 Å². The molecule has 1 heterocycles. The smallest absolute Gasteiger partial charge is 0.254 e. The highest BCUT2D eigenvalue weighted by molar-refractivity contribution is 5.96. The van der Waals surface area contributed by atoms with E-state index in [1.54, 1.807) is 0 Å². The monoisotopic (exact) mass is 246 g/mol. The lowest BCUT2D eigenvalue weighted by atomic mass is 10.0. The third kappa shape index (κ3) is 2.56. The van der Waals surface area contributed by atoms with Crippen LogP contribution in [-0.4, -0.2) is 36.5 Å². The van der Waals surface area contributed by atoms with Crippen LogP contribution in [0, 0.1) is 13.8 Å². The largest absolute Gasteiger partial charge is 0.333 e. The van der Waals surface area contributed by atoms with Gasteiger partial charge in [-0.25, -0.2) is 0 Å². The van der Waals surface area contributed by atoms with E-state index in [2.05, 4.69) is 25.2 Å². The first-order valence-corrected chi connectivity index (χ1v) is 6.72. The van der Waals surface area contributed by atoms with Gasteiger partial charge in [0.2, 0.25) is 0 Å². The molecular formula is C15H22N2O. The molecule has 0 spiro atoms. The van der Waals surface area contributed by atoms with E-state index in [-0.39, 0.29) is 5.91 Å². The van der Waals surface area contributed by atoms with Crippen LogP contribution in [0.5, 0.6) is 0 Å².